The monoisotopic (exact) mass is 655 g/mol. The number of thioether (sulfide) groups is 1. The van der Waals surface area contributed by atoms with Crippen molar-refractivity contribution in [3.63, 3.8) is 0 Å². The highest BCUT2D eigenvalue weighted by molar-refractivity contribution is 8.00. The van der Waals surface area contributed by atoms with E-state index in [0.717, 1.165) is 6.42 Å². The largest absolute Gasteiger partial charge is 0.344 e. The molecule has 1 atom stereocenters. The highest BCUT2D eigenvalue weighted by Gasteiger charge is 2.17. The smallest absolute Gasteiger partial charge is 0.0487 e. The van der Waals surface area contributed by atoms with Gasteiger partial charge in [-0.25, -0.2) is 0 Å². The van der Waals surface area contributed by atoms with Gasteiger partial charge in [0, 0.05) is 39.7 Å². The number of hydrogen-bond acceptors (Lipinski definition) is 2. The van der Waals surface area contributed by atoms with Crippen LogP contribution in [0.4, 0.5) is 11.4 Å². The molecule has 6 aromatic rings. The minimum Gasteiger partial charge on any atom is -0.344 e. The SMILES string of the molecule is CC(C)=CC(C)Sc1ccc(-c2ccccc2N(C)c2ccccc2-c2ccccc2)cc1C/C(=C/c1ccccc1C)c1ccccc1. The van der Waals surface area contributed by atoms with Crippen molar-refractivity contribution in [1.82, 2.24) is 0 Å². The standard InChI is InChI=1S/C47H45NS/c1-34(2)30-36(4)49-47-29-28-40(32-42(47)33-41(37-19-8-6-9-20-37)31-39-23-13-12-18-35(39)3)44-25-15-17-27-46(44)48(5)45-26-16-14-24-43(45)38-21-10-7-11-22-38/h6-32,36H,33H2,1-5H3/b41-31-. The van der Waals surface area contributed by atoms with E-state index < -0.39 is 0 Å². The first-order valence-corrected chi connectivity index (χ1v) is 18.0. The maximum Gasteiger partial charge on any atom is 0.0487 e. The van der Waals surface area contributed by atoms with Crippen LogP contribution in [0, 0.1) is 6.92 Å². The Morgan fingerprint density at radius 2 is 1.22 bits per heavy atom. The number of anilines is 2. The summed E-state index contributed by atoms with van der Waals surface area (Å²) >= 11 is 1.94. The zero-order valence-corrected chi connectivity index (χ0v) is 30.0. The van der Waals surface area contributed by atoms with Crippen LogP contribution >= 0.6 is 11.8 Å². The number of para-hydroxylation sites is 2. The van der Waals surface area contributed by atoms with Gasteiger partial charge in [0.2, 0.25) is 0 Å². The van der Waals surface area contributed by atoms with E-state index in [1.807, 2.05) is 11.8 Å². The van der Waals surface area contributed by atoms with E-state index in [2.05, 4.69) is 203 Å². The molecular formula is C47H45NS. The van der Waals surface area contributed by atoms with Gasteiger partial charge in [-0.2, -0.15) is 0 Å². The summed E-state index contributed by atoms with van der Waals surface area (Å²) in [6, 6.07) is 54.8. The van der Waals surface area contributed by atoms with Crippen LogP contribution in [0.2, 0.25) is 0 Å². The van der Waals surface area contributed by atoms with E-state index >= 15 is 0 Å². The molecule has 0 N–H and O–H groups in total. The normalized spacial score (nSPS) is 12.0. The van der Waals surface area contributed by atoms with Crippen LogP contribution in [-0.4, -0.2) is 12.3 Å². The number of rotatable bonds is 11. The summed E-state index contributed by atoms with van der Waals surface area (Å²) in [7, 11) is 2.19. The zero-order valence-electron chi connectivity index (χ0n) is 29.2. The van der Waals surface area contributed by atoms with E-state index in [1.165, 1.54) is 71.9 Å². The Morgan fingerprint density at radius 3 is 1.88 bits per heavy atom. The first-order valence-electron chi connectivity index (χ1n) is 17.1. The number of benzene rings is 6. The molecule has 0 aliphatic carbocycles. The van der Waals surface area contributed by atoms with Gasteiger partial charge in [0.05, 0.1) is 0 Å². The summed E-state index contributed by atoms with van der Waals surface area (Å²) in [5, 5.41) is 0.364. The highest BCUT2D eigenvalue weighted by Crippen LogP contribution is 2.41. The third-order valence-corrected chi connectivity index (χ3v) is 10.1. The molecule has 6 aromatic carbocycles. The Labute approximate surface area is 297 Å². The van der Waals surface area contributed by atoms with Crippen molar-refractivity contribution in [2.24, 2.45) is 0 Å². The number of aryl methyl sites for hydroxylation is 1. The lowest BCUT2D eigenvalue weighted by molar-refractivity contribution is 1.15. The third kappa shape index (κ3) is 8.34. The van der Waals surface area contributed by atoms with Crippen molar-refractivity contribution in [3.8, 4) is 22.3 Å². The van der Waals surface area contributed by atoms with E-state index in [-0.39, 0.29) is 0 Å². The van der Waals surface area contributed by atoms with Crippen LogP contribution in [-0.2, 0) is 6.42 Å². The lowest BCUT2D eigenvalue weighted by Gasteiger charge is -2.26. The van der Waals surface area contributed by atoms with Gasteiger partial charge in [-0.3, -0.25) is 0 Å². The molecule has 0 saturated heterocycles. The minimum atomic E-state index is 0.364. The molecule has 0 spiro atoms. The van der Waals surface area contributed by atoms with Crippen LogP contribution < -0.4 is 4.90 Å². The number of nitrogens with zero attached hydrogens (tertiary/aromatic N) is 1. The van der Waals surface area contributed by atoms with Gasteiger partial charge < -0.3 is 4.90 Å². The van der Waals surface area contributed by atoms with Crippen molar-refractivity contribution in [2.45, 2.75) is 44.3 Å². The predicted octanol–water partition coefficient (Wildman–Crippen LogP) is 13.3. The molecule has 244 valence electrons. The minimum absolute atomic E-state index is 0.364. The Morgan fingerprint density at radius 1 is 0.653 bits per heavy atom. The fourth-order valence-electron chi connectivity index (χ4n) is 6.50. The van der Waals surface area contributed by atoms with Crippen LogP contribution in [0.15, 0.2) is 168 Å². The quantitative estimate of drug-likeness (QED) is 0.0776. The van der Waals surface area contributed by atoms with Gasteiger partial charge in [0.15, 0.2) is 0 Å². The first kappa shape index (κ1) is 33.8. The second-order valence-corrected chi connectivity index (χ2v) is 14.3. The van der Waals surface area contributed by atoms with E-state index in [9.17, 15) is 0 Å². The molecule has 0 saturated carbocycles. The Kier molecular flexibility index (Phi) is 11.0. The molecular weight excluding hydrogens is 611 g/mol. The predicted molar refractivity (Wildman–Crippen MR) is 216 cm³/mol. The molecule has 1 unspecified atom stereocenters. The third-order valence-electron chi connectivity index (χ3n) is 8.91. The second kappa shape index (κ2) is 15.9. The van der Waals surface area contributed by atoms with Gasteiger partial charge in [0.25, 0.3) is 0 Å². The van der Waals surface area contributed by atoms with Crippen molar-refractivity contribution in [1.29, 1.82) is 0 Å². The molecule has 49 heavy (non-hydrogen) atoms. The molecule has 0 heterocycles. The molecule has 0 aromatic heterocycles. The average Bonchev–Trinajstić information content (AvgIpc) is 3.13. The van der Waals surface area contributed by atoms with Gasteiger partial charge in [0.1, 0.15) is 0 Å². The Bertz CT molecular complexity index is 2070. The Hall–Kier alpha value is -5.05. The molecule has 0 radical (unpaired) electrons. The highest BCUT2D eigenvalue weighted by atomic mass is 32.2. The Balaban J connectivity index is 1.46. The van der Waals surface area contributed by atoms with Crippen LogP contribution in [0.5, 0.6) is 0 Å². The number of allylic oxidation sites excluding steroid dienone is 2. The van der Waals surface area contributed by atoms with Crippen molar-refractivity contribution >= 4 is 34.8 Å². The molecule has 0 aliphatic rings. The molecule has 1 nitrogen and oxygen atoms in total. The summed E-state index contributed by atoms with van der Waals surface area (Å²) in [5.74, 6) is 0. The summed E-state index contributed by atoms with van der Waals surface area (Å²) in [4.78, 5) is 3.66. The first-order chi connectivity index (χ1) is 23.9. The van der Waals surface area contributed by atoms with Gasteiger partial charge in [-0.1, -0.05) is 145 Å². The van der Waals surface area contributed by atoms with E-state index in [4.69, 9.17) is 0 Å². The number of hydrogen-bond donors (Lipinski definition) is 0. The maximum atomic E-state index is 2.43. The van der Waals surface area contributed by atoms with E-state index in [0.29, 0.717) is 5.25 Å². The molecule has 0 aliphatic heterocycles. The van der Waals surface area contributed by atoms with Gasteiger partial charge in [-0.05, 0) is 97.3 Å². The molecule has 0 fully saturated rings. The summed E-state index contributed by atoms with van der Waals surface area (Å²) in [5.41, 5.74) is 15.0. The molecule has 6 rings (SSSR count). The fraction of sp³-hybridized carbons (Fsp3) is 0.149. The summed E-state index contributed by atoms with van der Waals surface area (Å²) < 4.78 is 0. The van der Waals surface area contributed by atoms with Crippen molar-refractivity contribution < 1.29 is 0 Å². The van der Waals surface area contributed by atoms with Gasteiger partial charge >= 0.3 is 0 Å². The maximum absolute atomic E-state index is 2.43. The molecule has 0 bridgehead atoms. The zero-order chi connectivity index (χ0) is 34.2. The topological polar surface area (TPSA) is 3.24 Å². The second-order valence-electron chi connectivity index (χ2n) is 12.9. The fourth-order valence-corrected chi connectivity index (χ4v) is 7.67. The average molecular weight is 656 g/mol. The molecule has 0 amide bonds. The van der Waals surface area contributed by atoms with Crippen LogP contribution in [0.3, 0.4) is 0 Å². The van der Waals surface area contributed by atoms with Crippen molar-refractivity contribution in [3.05, 3.63) is 186 Å². The van der Waals surface area contributed by atoms with Crippen molar-refractivity contribution in [2.75, 3.05) is 11.9 Å². The summed E-state index contributed by atoms with van der Waals surface area (Å²) in [6.07, 6.45) is 5.57. The van der Waals surface area contributed by atoms with Gasteiger partial charge in [-0.15, -0.1) is 11.8 Å². The lowest BCUT2D eigenvalue weighted by atomic mass is 9.92. The lowest BCUT2D eigenvalue weighted by Crippen LogP contribution is -2.12. The molecule has 2 heteroatoms. The van der Waals surface area contributed by atoms with Crippen LogP contribution in [0.25, 0.3) is 33.9 Å². The van der Waals surface area contributed by atoms with Crippen LogP contribution in [0.1, 0.15) is 43.0 Å². The summed E-state index contributed by atoms with van der Waals surface area (Å²) in [6.45, 7) is 8.86. The van der Waals surface area contributed by atoms with E-state index in [1.54, 1.807) is 0 Å².